The number of nitrogen functional groups attached to an aromatic ring is 1. The van der Waals surface area contributed by atoms with Crippen molar-refractivity contribution in [2.45, 2.75) is 51.2 Å². The van der Waals surface area contributed by atoms with Gasteiger partial charge in [-0.25, -0.2) is 0 Å². The molecule has 0 spiro atoms. The number of hydrogen-bond acceptors (Lipinski definition) is 3. The minimum Gasteiger partial charge on any atom is -0.399 e. The van der Waals surface area contributed by atoms with E-state index in [0.717, 1.165) is 29.8 Å². The van der Waals surface area contributed by atoms with Crippen molar-refractivity contribution < 1.29 is 5.11 Å². The van der Waals surface area contributed by atoms with Crippen LogP contribution in [0.1, 0.15) is 49.3 Å². The molecule has 0 heterocycles. The average Bonchev–Trinajstić information content (AvgIpc) is 2.85. The zero-order valence-corrected chi connectivity index (χ0v) is 11.2. The second-order valence-corrected chi connectivity index (χ2v) is 5.36. The highest BCUT2D eigenvalue weighted by Gasteiger charge is 2.15. The number of benzene rings is 1. The number of anilines is 1. The third-order valence-electron chi connectivity index (χ3n) is 3.89. The van der Waals surface area contributed by atoms with E-state index >= 15 is 0 Å². The molecule has 1 aliphatic carbocycles. The maximum Gasteiger partial charge on any atom is 0.0802 e. The first kappa shape index (κ1) is 13.4. The van der Waals surface area contributed by atoms with Gasteiger partial charge in [0, 0.05) is 11.7 Å². The molecule has 1 aliphatic rings. The Labute approximate surface area is 109 Å². The third-order valence-corrected chi connectivity index (χ3v) is 3.89. The summed E-state index contributed by atoms with van der Waals surface area (Å²) >= 11 is 0. The van der Waals surface area contributed by atoms with E-state index in [1.807, 2.05) is 25.1 Å². The second-order valence-electron chi connectivity index (χ2n) is 5.36. The fourth-order valence-electron chi connectivity index (χ4n) is 2.59. The van der Waals surface area contributed by atoms with Crippen LogP contribution in [0, 0.1) is 6.92 Å². The Morgan fingerprint density at radius 3 is 2.78 bits per heavy atom. The van der Waals surface area contributed by atoms with Crippen LogP contribution in [0.4, 0.5) is 5.69 Å². The van der Waals surface area contributed by atoms with E-state index in [1.165, 1.54) is 25.7 Å². The van der Waals surface area contributed by atoms with E-state index in [2.05, 4.69) is 5.32 Å². The van der Waals surface area contributed by atoms with Crippen LogP contribution in [0.5, 0.6) is 0 Å². The molecule has 1 atom stereocenters. The van der Waals surface area contributed by atoms with E-state index in [1.54, 1.807) is 0 Å². The Morgan fingerprint density at radius 2 is 2.11 bits per heavy atom. The number of nitrogens with one attached hydrogen (secondary N) is 1. The van der Waals surface area contributed by atoms with Gasteiger partial charge in [0.05, 0.1) is 6.10 Å². The molecule has 18 heavy (non-hydrogen) atoms. The molecule has 1 fully saturated rings. The van der Waals surface area contributed by atoms with Gasteiger partial charge >= 0.3 is 0 Å². The highest BCUT2D eigenvalue weighted by molar-refractivity contribution is 5.48. The summed E-state index contributed by atoms with van der Waals surface area (Å²) in [6, 6.07) is 6.49. The Hall–Kier alpha value is -1.06. The van der Waals surface area contributed by atoms with Gasteiger partial charge in [0.15, 0.2) is 0 Å². The Kier molecular flexibility index (Phi) is 4.61. The molecule has 0 aromatic heterocycles. The fraction of sp³-hybridized carbons (Fsp3) is 0.600. The molecule has 1 saturated carbocycles. The molecular weight excluding hydrogens is 224 g/mol. The van der Waals surface area contributed by atoms with Crippen molar-refractivity contribution in [3.05, 3.63) is 29.3 Å². The summed E-state index contributed by atoms with van der Waals surface area (Å²) in [7, 11) is 0. The SMILES string of the molecule is Cc1ccc(C(O)CCNC2CCCC2)cc1N. The van der Waals surface area contributed by atoms with Crippen molar-refractivity contribution >= 4 is 5.69 Å². The summed E-state index contributed by atoms with van der Waals surface area (Å²) in [5.74, 6) is 0. The first-order chi connectivity index (χ1) is 8.66. The van der Waals surface area contributed by atoms with Crippen LogP contribution in [0.3, 0.4) is 0 Å². The lowest BCUT2D eigenvalue weighted by molar-refractivity contribution is 0.165. The van der Waals surface area contributed by atoms with Crippen molar-refractivity contribution in [2.75, 3.05) is 12.3 Å². The molecule has 0 radical (unpaired) electrons. The number of aliphatic hydroxyl groups is 1. The van der Waals surface area contributed by atoms with Gasteiger partial charge in [-0.05, 0) is 49.9 Å². The maximum atomic E-state index is 10.1. The molecule has 3 heteroatoms. The smallest absolute Gasteiger partial charge is 0.0802 e. The van der Waals surface area contributed by atoms with E-state index in [-0.39, 0.29) is 0 Å². The first-order valence-corrected chi connectivity index (χ1v) is 6.94. The third kappa shape index (κ3) is 3.47. The maximum absolute atomic E-state index is 10.1. The molecule has 3 nitrogen and oxygen atoms in total. The monoisotopic (exact) mass is 248 g/mol. The van der Waals surface area contributed by atoms with E-state index in [0.29, 0.717) is 6.04 Å². The van der Waals surface area contributed by atoms with Crippen LogP contribution >= 0.6 is 0 Å². The standard InChI is InChI=1S/C15H24N2O/c1-11-6-7-12(10-14(11)16)15(18)8-9-17-13-4-2-3-5-13/h6-7,10,13,15,17-18H,2-5,8-9,16H2,1H3. The molecule has 0 amide bonds. The van der Waals surface area contributed by atoms with Gasteiger partial charge in [0.25, 0.3) is 0 Å². The number of aryl methyl sites for hydroxylation is 1. The zero-order valence-electron chi connectivity index (χ0n) is 11.2. The lowest BCUT2D eigenvalue weighted by atomic mass is 10.0. The summed E-state index contributed by atoms with van der Waals surface area (Å²) in [6.45, 7) is 2.85. The topological polar surface area (TPSA) is 58.3 Å². The molecule has 4 N–H and O–H groups in total. The van der Waals surface area contributed by atoms with Crippen LogP contribution in [-0.4, -0.2) is 17.7 Å². The predicted molar refractivity (Wildman–Crippen MR) is 75.4 cm³/mol. The van der Waals surface area contributed by atoms with Crippen LogP contribution < -0.4 is 11.1 Å². The van der Waals surface area contributed by atoms with Crippen molar-refractivity contribution in [1.29, 1.82) is 0 Å². The van der Waals surface area contributed by atoms with Crippen molar-refractivity contribution in [1.82, 2.24) is 5.32 Å². The van der Waals surface area contributed by atoms with Gasteiger partial charge < -0.3 is 16.2 Å². The summed E-state index contributed by atoms with van der Waals surface area (Å²) in [5.41, 5.74) is 8.61. The van der Waals surface area contributed by atoms with E-state index in [9.17, 15) is 5.11 Å². The normalized spacial score (nSPS) is 18.1. The molecule has 100 valence electrons. The van der Waals surface area contributed by atoms with Crippen LogP contribution in [0.2, 0.25) is 0 Å². The molecule has 0 aliphatic heterocycles. The van der Waals surface area contributed by atoms with Gasteiger partial charge in [0.2, 0.25) is 0 Å². The van der Waals surface area contributed by atoms with Crippen molar-refractivity contribution in [3.63, 3.8) is 0 Å². The van der Waals surface area contributed by atoms with Crippen molar-refractivity contribution in [3.8, 4) is 0 Å². The summed E-state index contributed by atoms with van der Waals surface area (Å²) < 4.78 is 0. The van der Waals surface area contributed by atoms with E-state index in [4.69, 9.17) is 5.73 Å². The molecule has 1 unspecified atom stereocenters. The summed E-state index contributed by atoms with van der Waals surface area (Å²) in [6.07, 6.45) is 5.59. The first-order valence-electron chi connectivity index (χ1n) is 6.94. The molecular formula is C15H24N2O. The second kappa shape index (κ2) is 6.21. The lowest BCUT2D eigenvalue weighted by Gasteiger charge is -2.15. The summed E-state index contributed by atoms with van der Waals surface area (Å²) in [4.78, 5) is 0. The average molecular weight is 248 g/mol. The highest BCUT2D eigenvalue weighted by atomic mass is 16.3. The fourth-order valence-corrected chi connectivity index (χ4v) is 2.59. The minimum atomic E-state index is -0.415. The Morgan fingerprint density at radius 1 is 1.39 bits per heavy atom. The quantitative estimate of drug-likeness (QED) is 0.702. The van der Waals surface area contributed by atoms with Crippen LogP contribution in [0.25, 0.3) is 0 Å². The largest absolute Gasteiger partial charge is 0.399 e. The van der Waals surface area contributed by atoms with Gasteiger partial charge in [-0.1, -0.05) is 25.0 Å². The Bertz CT molecular complexity index is 386. The number of hydrogen-bond donors (Lipinski definition) is 3. The number of aliphatic hydroxyl groups excluding tert-OH is 1. The highest BCUT2D eigenvalue weighted by Crippen LogP contribution is 2.22. The van der Waals surface area contributed by atoms with Gasteiger partial charge in [-0.3, -0.25) is 0 Å². The Balaban J connectivity index is 1.79. The van der Waals surface area contributed by atoms with Crippen molar-refractivity contribution in [2.24, 2.45) is 0 Å². The summed E-state index contributed by atoms with van der Waals surface area (Å²) in [5, 5.41) is 13.6. The van der Waals surface area contributed by atoms with Gasteiger partial charge in [0.1, 0.15) is 0 Å². The van der Waals surface area contributed by atoms with Gasteiger partial charge in [-0.2, -0.15) is 0 Å². The molecule has 0 bridgehead atoms. The van der Waals surface area contributed by atoms with Crippen LogP contribution in [0.15, 0.2) is 18.2 Å². The predicted octanol–water partition coefficient (Wildman–Crippen LogP) is 2.53. The zero-order chi connectivity index (χ0) is 13.0. The lowest BCUT2D eigenvalue weighted by Crippen LogP contribution is -2.27. The molecule has 2 rings (SSSR count). The minimum absolute atomic E-state index is 0.415. The number of rotatable bonds is 5. The molecule has 1 aromatic rings. The molecule has 1 aromatic carbocycles. The van der Waals surface area contributed by atoms with E-state index < -0.39 is 6.10 Å². The van der Waals surface area contributed by atoms with Crippen LogP contribution in [-0.2, 0) is 0 Å². The number of nitrogens with two attached hydrogens (primary N) is 1. The molecule has 0 saturated heterocycles. The van der Waals surface area contributed by atoms with Gasteiger partial charge in [-0.15, -0.1) is 0 Å².